The molecule has 2 rings (SSSR count). The summed E-state index contributed by atoms with van der Waals surface area (Å²) in [5.41, 5.74) is 0.465. The van der Waals surface area contributed by atoms with Gasteiger partial charge in [0.05, 0.1) is 6.61 Å². The highest BCUT2D eigenvalue weighted by atomic mass is 16.6. The first-order valence-electron chi connectivity index (χ1n) is 7.63. The topological polar surface area (TPSA) is 76.1 Å². The fraction of sp³-hybridized carbons (Fsp3) is 0.444. The molecule has 2 atom stereocenters. The molecule has 0 unspecified atom stereocenters. The number of aliphatic hydroxyl groups is 1. The van der Waals surface area contributed by atoms with Gasteiger partial charge in [-0.3, -0.25) is 4.79 Å². The predicted octanol–water partition coefficient (Wildman–Crippen LogP) is 1.10. The summed E-state index contributed by atoms with van der Waals surface area (Å²) in [5, 5.41) is 10.2. The van der Waals surface area contributed by atoms with E-state index in [1.165, 1.54) is 4.90 Å². The van der Waals surface area contributed by atoms with E-state index < -0.39 is 29.7 Å². The minimum absolute atomic E-state index is 0.191. The van der Waals surface area contributed by atoms with Gasteiger partial charge < -0.3 is 19.5 Å². The fourth-order valence-electron chi connectivity index (χ4n) is 2.34. The maximum absolute atomic E-state index is 12.6. The van der Waals surface area contributed by atoms with Crippen molar-refractivity contribution in [2.24, 2.45) is 0 Å². The van der Waals surface area contributed by atoms with E-state index in [-0.39, 0.29) is 6.61 Å². The molecule has 1 aliphatic heterocycles. The maximum atomic E-state index is 12.6. The molecule has 1 aliphatic rings. The summed E-state index contributed by atoms with van der Waals surface area (Å²) in [5.74, 6) is 1.11. The number of nitrogens with zero attached hydrogens (tertiary/aromatic N) is 1. The van der Waals surface area contributed by atoms with Crippen LogP contribution in [-0.4, -0.2) is 47.9 Å². The average Bonchev–Trinajstić information content (AvgIpc) is 2.53. The van der Waals surface area contributed by atoms with E-state index in [1.54, 1.807) is 45.0 Å². The van der Waals surface area contributed by atoms with E-state index in [0.29, 0.717) is 17.8 Å². The standard InChI is InChI=1S/C18H21NO5/c1-5-12-7-6-8-13(11-12)19-9-10-23-15(16(19)21)14(20)17(22)24-18(2,3)4/h1,6-8,11,14-15,20H,9-10H2,2-4H3/t14-,15-/m1/s1. The average molecular weight is 331 g/mol. The molecule has 1 N–H and O–H groups in total. The van der Waals surface area contributed by atoms with Gasteiger partial charge in [-0.05, 0) is 39.0 Å². The van der Waals surface area contributed by atoms with Gasteiger partial charge >= 0.3 is 5.97 Å². The van der Waals surface area contributed by atoms with Crippen molar-refractivity contribution in [3.63, 3.8) is 0 Å². The van der Waals surface area contributed by atoms with Crippen molar-refractivity contribution in [1.82, 2.24) is 0 Å². The van der Waals surface area contributed by atoms with Crippen molar-refractivity contribution in [3.05, 3.63) is 29.8 Å². The molecule has 0 spiro atoms. The number of hydrogen-bond acceptors (Lipinski definition) is 5. The van der Waals surface area contributed by atoms with Crippen LogP contribution in [-0.2, 0) is 19.1 Å². The van der Waals surface area contributed by atoms with Gasteiger partial charge in [-0.15, -0.1) is 6.42 Å². The van der Waals surface area contributed by atoms with E-state index in [4.69, 9.17) is 15.9 Å². The molecule has 0 aliphatic carbocycles. The SMILES string of the molecule is C#Cc1cccc(N2CCO[C@H]([C@@H](O)C(=O)OC(C)(C)C)C2=O)c1. The molecule has 0 saturated carbocycles. The Balaban J connectivity index is 2.17. The lowest BCUT2D eigenvalue weighted by Gasteiger charge is -2.34. The molecular formula is C18H21NO5. The Labute approximate surface area is 141 Å². The van der Waals surface area contributed by atoms with Crippen molar-refractivity contribution < 1.29 is 24.2 Å². The molecule has 1 amide bonds. The van der Waals surface area contributed by atoms with Crippen LogP contribution in [0.4, 0.5) is 5.69 Å². The molecule has 0 radical (unpaired) electrons. The molecule has 0 aromatic heterocycles. The normalized spacial score (nSPS) is 19.5. The minimum atomic E-state index is -1.68. The van der Waals surface area contributed by atoms with E-state index in [0.717, 1.165) is 0 Å². The summed E-state index contributed by atoms with van der Waals surface area (Å²) < 4.78 is 10.4. The Morgan fingerprint density at radius 1 is 1.50 bits per heavy atom. The van der Waals surface area contributed by atoms with Gasteiger partial charge in [-0.2, -0.15) is 0 Å². The zero-order chi connectivity index (χ0) is 17.9. The molecule has 6 heteroatoms. The summed E-state index contributed by atoms with van der Waals surface area (Å²) >= 11 is 0. The van der Waals surface area contributed by atoms with Crippen LogP contribution in [0.2, 0.25) is 0 Å². The Bertz CT molecular complexity index is 671. The highest BCUT2D eigenvalue weighted by Crippen LogP contribution is 2.22. The van der Waals surface area contributed by atoms with Crippen LogP contribution in [0.1, 0.15) is 26.3 Å². The lowest BCUT2D eigenvalue weighted by molar-refractivity contribution is -0.177. The second kappa shape index (κ2) is 7.04. The molecule has 24 heavy (non-hydrogen) atoms. The van der Waals surface area contributed by atoms with Crippen LogP contribution >= 0.6 is 0 Å². The van der Waals surface area contributed by atoms with Crippen LogP contribution in [0.3, 0.4) is 0 Å². The molecule has 1 saturated heterocycles. The monoisotopic (exact) mass is 331 g/mol. The van der Waals surface area contributed by atoms with Crippen LogP contribution in [0.25, 0.3) is 0 Å². The Kier molecular flexibility index (Phi) is 5.27. The summed E-state index contributed by atoms with van der Waals surface area (Å²) in [6.45, 7) is 5.54. The second-order valence-electron chi connectivity index (χ2n) is 6.45. The number of rotatable bonds is 3. The van der Waals surface area contributed by atoms with Crippen LogP contribution in [0, 0.1) is 12.3 Å². The molecule has 1 heterocycles. The number of terminal acetylenes is 1. The summed E-state index contributed by atoms with van der Waals surface area (Å²) in [6.07, 6.45) is 2.39. The van der Waals surface area contributed by atoms with Crippen LogP contribution in [0.5, 0.6) is 0 Å². The third kappa shape index (κ3) is 4.13. The first-order valence-corrected chi connectivity index (χ1v) is 7.63. The van der Waals surface area contributed by atoms with E-state index in [2.05, 4.69) is 5.92 Å². The molecule has 128 valence electrons. The van der Waals surface area contributed by atoms with Gasteiger partial charge in [0, 0.05) is 17.8 Å². The quantitative estimate of drug-likeness (QED) is 0.663. The Hall–Kier alpha value is -2.36. The maximum Gasteiger partial charge on any atom is 0.338 e. The molecular weight excluding hydrogens is 310 g/mol. The number of aliphatic hydroxyl groups excluding tert-OH is 1. The van der Waals surface area contributed by atoms with Crippen molar-refractivity contribution in [1.29, 1.82) is 0 Å². The lowest BCUT2D eigenvalue weighted by atomic mass is 10.1. The number of benzene rings is 1. The number of ether oxygens (including phenoxy) is 2. The van der Waals surface area contributed by atoms with Crippen molar-refractivity contribution in [2.75, 3.05) is 18.1 Å². The zero-order valence-electron chi connectivity index (χ0n) is 14.0. The number of amides is 1. The highest BCUT2D eigenvalue weighted by Gasteiger charge is 2.41. The second-order valence-corrected chi connectivity index (χ2v) is 6.45. The molecule has 1 aromatic rings. The Morgan fingerprint density at radius 3 is 2.83 bits per heavy atom. The first kappa shape index (κ1) is 18.0. The summed E-state index contributed by atoms with van der Waals surface area (Å²) in [6, 6.07) is 6.93. The number of carbonyl (C=O) groups is 2. The number of carbonyl (C=O) groups excluding carboxylic acids is 2. The van der Waals surface area contributed by atoms with Gasteiger partial charge in [-0.1, -0.05) is 12.0 Å². The first-order chi connectivity index (χ1) is 11.2. The van der Waals surface area contributed by atoms with Gasteiger partial charge in [0.25, 0.3) is 5.91 Å². The van der Waals surface area contributed by atoms with Gasteiger partial charge in [0.2, 0.25) is 0 Å². The third-order valence-corrected chi connectivity index (χ3v) is 3.38. The summed E-state index contributed by atoms with van der Waals surface area (Å²) in [7, 11) is 0. The van der Waals surface area contributed by atoms with Gasteiger partial charge in [-0.25, -0.2) is 4.79 Å². The predicted molar refractivity (Wildman–Crippen MR) is 88.3 cm³/mol. The Morgan fingerprint density at radius 2 is 2.21 bits per heavy atom. The smallest absolute Gasteiger partial charge is 0.338 e. The number of hydrogen-bond donors (Lipinski definition) is 1. The van der Waals surface area contributed by atoms with Gasteiger partial charge in [0.1, 0.15) is 5.60 Å². The highest BCUT2D eigenvalue weighted by molar-refractivity contribution is 6.00. The third-order valence-electron chi connectivity index (χ3n) is 3.38. The molecule has 1 fully saturated rings. The van der Waals surface area contributed by atoms with Crippen molar-refractivity contribution in [2.45, 2.75) is 38.6 Å². The zero-order valence-corrected chi connectivity index (χ0v) is 14.0. The van der Waals surface area contributed by atoms with E-state index >= 15 is 0 Å². The van der Waals surface area contributed by atoms with E-state index in [1.807, 2.05) is 0 Å². The molecule has 6 nitrogen and oxygen atoms in total. The van der Waals surface area contributed by atoms with E-state index in [9.17, 15) is 14.7 Å². The fourth-order valence-corrected chi connectivity index (χ4v) is 2.34. The largest absolute Gasteiger partial charge is 0.458 e. The number of morpholine rings is 1. The van der Waals surface area contributed by atoms with Crippen LogP contribution in [0.15, 0.2) is 24.3 Å². The number of esters is 1. The lowest BCUT2D eigenvalue weighted by Crippen LogP contribution is -2.55. The van der Waals surface area contributed by atoms with Crippen LogP contribution < -0.4 is 4.90 Å². The molecule has 0 bridgehead atoms. The van der Waals surface area contributed by atoms with Crippen molar-refractivity contribution >= 4 is 17.6 Å². The van der Waals surface area contributed by atoms with Crippen molar-refractivity contribution in [3.8, 4) is 12.3 Å². The summed E-state index contributed by atoms with van der Waals surface area (Å²) in [4.78, 5) is 26.1. The minimum Gasteiger partial charge on any atom is -0.458 e. The number of anilines is 1. The van der Waals surface area contributed by atoms with Gasteiger partial charge in [0.15, 0.2) is 12.2 Å². The molecule has 1 aromatic carbocycles.